The fourth-order valence-electron chi connectivity index (χ4n) is 3.17. The smallest absolute Gasteiger partial charge is 0.257 e. The molecule has 1 aromatic heterocycles. The molecular weight excluding hydrogens is 443 g/mol. The summed E-state index contributed by atoms with van der Waals surface area (Å²) in [4.78, 5) is 44.7. The maximum absolute atomic E-state index is 13.3. The van der Waals surface area contributed by atoms with Gasteiger partial charge in [0.25, 0.3) is 5.56 Å². The van der Waals surface area contributed by atoms with E-state index in [1.54, 1.807) is 0 Å². The van der Waals surface area contributed by atoms with E-state index in [0.717, 1.165) is 11.6 Å². The molecule has 0 spiro atoms. The summed E-state index contributed by atoms with van der Waals surface area (Å²) in [6.45, 7) is 0. The number of amides is 2. The molecule has 10 heteroatoms. The molecule has 2 amide bonds. The summed E-state index contributed by atoms with van der Waals surface area (Å²) < 4.78 is 13.3. The maximum Gasteiger partial charge on any atom is 0.257 e. The highest BCUT2D eigenvalue weighted by atomic mass is 35.5. The topological polar surface area (TPSA) is 104 Å². The van der Waals surface area contributed by atoms with Gasteiger partial charge in [-0.1, -0.05) is 53.7 Å². The van der Waals surface area contributed by atoms with Crippen molar-refractivity contribution in [2.75, 3.05) is 10.6 Å². The van der Waals surface area contributed by atoms with Gasteiger partial charge in [0.15, 0.2) is 5.16 Å². The summed E-state index contributed by atoms with van der Waals surface area (Å²) in [5, 5.41) is 5.32. The molecule has 0 saturated carbocycles. The molecule has 7 nitrogen and oxygen atoms in total. The number of benzene rings is 2. The first-order valence-electron chi connectivity index (χ1n) is 9.27. The quantitative estimate of drug-likeness (QED) is 0.397. The number of hydrogen-bond donors (Lipinski definition) is 3. The zero-order chi connectivity index (χ0) is 22.0. The Morgan fingerprint density at radius 3 is 2.74 bits per heavy atom. The van der Waals surface area contributed by atoms with Gasteiger partial charge in [0.2, 0.25) is 11.8 Å². The van der Waals surface area contributed by atoms with Gasteiger partial charge in [0.05, 0.1) is 16.5 Å². The number of carbonyl (C=O) groups is 2. The number of aromatic amines is 1. The van der Waals surface area contributed by atoms with Crippen LogP contribution in [0.5, 0.6) is 0 Å². The highest BCUT2D eigenvalue weighted by Crippen LogP contribution is 2.31. The third-order valence-corrected chi connectivity index (χ3v) is 5.89. The van der Waals surface area contributed by atoms with Gasteiger partial charge in [-0.2, -0.15) is 0 Å². The second-order valence-corrected chi connectivity index (χ2v) is 8.20. The minimum absolute atomic E-state index is 0.0628. The van der Waals surface area contributed by atoms with Crippen LogP contribution in [0.3, 0.4) is 0 Å². The van der Waals surface area contributed by atoms with Gasteiger partial charge in [-0.05, 0) is 23.8 Å². The molecule has 1 aliphatic rings. The third-order valence-electron chi connectivity index (χ3n) is 4.65. The lowest BCUT2D eigenvalue weighted by atomic mass is 9.92. The molecule has 0 aliphatic carbocycles. The van der Waals surface area contributed by atoms with Crippen LogP contribution in [0.25, 0.3) is 0 Å². The molecule has 158 valence electrons. The van der Waals surface area contributed by atoms with Crippen LogP contribution in [0.1, 0.15) is 23.5 Å². The standard InChI is InChI=1S/C21H16ClFN4O3S/c22-14-8-12(6-7-15(14)23)24-19(29)13-9-16(28)25-18-17(13)20(30)27-21(26-18)31-10-11-4-2-1-3-5-11/h1-8,13H,9-10H2,(H,24,29)(H2,25,26,27,28,30)/t13-/m0/s1. The molecule has 1 aliphatic heterocycles. The predicted octanol–water partition coefficient (Wildman–Crippen LogP) is 3.92. The Morgan fingerprint density at radius 2 is 2.00 bits per heavy atom. The Labute approximate surface area is 185 Å². The van der Waals surface area contributed by atoms with Crippen LogP contribution in [0, 0.1) is 5.82 Å². The van der Waals surface area contributed by atoms with Gasteiger partial charge in [0, 0.05) is 17.9 Å². The monoisotopic (exact) mass is 458 g/mol. The molecule has 1 atom stereocenters. The second-order valence-electron chi connectivity index (χ2n) is 6.83. The first kappa shape index (κ1) is 21.1. The van der Waals surface area contributed by atoms with Crippen LogP contribution in [0.4, 0.5) is 15.9 Å². The van der Waals surface area contributed by atoms with Crippen LogP contribution in [-0.2, 0) is 15.3 Å². The SMILES string of the molecule is O=C1C[C@H](C(=O)Nc2ccc(F)c(Cl)c2)c2c(nc(SCc3ccccc3)[nH]c2=O)N1. The van der Waals surface area contributed by atoms with Crippen molar-refractivity contribution in [2.45, 2.75) is 23.2 Å². The van der Waals surface area contributed by atoms with Gasteiger partial charge in [0.1, 0.15) is 11.6 Å². The minimum Gasteiger partial charge on any atom is -0.325 e. The van der Waals surface area contributed by atoms with Crippen molar-refractivity contribution in [1.82, 2.24) is 9.97 Å². The van der Waals surface area contributed by atoms with Gasteiger partial charge in [-0.25, -0.2) is 9.37 Å². The van der Waals surface area contributed by atoms with E-state index in [2.05, 4.69) is 20.6 Å². The predicted molar refractivity (Wildman–Crippen MR) is 117 cm³/mol. The van der Waals surface area contributed by atoms with E-state index < -0.39 is 29.1 Å². The van der Waals surface area contributed by atoms with Crippen molar-refractivity contribution in [3.63, 3.8) is 0 Å². The van der Waals surface area contributed by atoms with Crippen LogP contribution in [0.2, 0.25) is 5.02 Å². The molecule has 0 saturated heterocycles. The molecule has 0 radical (unpaired) electrons. The van der Waals surface area contributed by atoms with E-state index in [4.69, 9.17) is 11.6 Å². The van der Waals surface area contributed by atoms with E-state index in [1.807, 2.05) is 30.3 Å². The van der Waals surface area contributed by atoms with Crippen LogP contribution >= 0.6 is 23.4 Å². The number of nitrogens with zero attached hydrogens (tertiary/aromatic N) is 1. The molecule has 31 heavy (non-hydrogen) atoms. The number of aromatic nitrogens is 2. The number of halogens is 2. The highest BCUT2D eigenvalue weighted by molar-refractivity contribution is 7.98. The summed E-state index contributed by atoms with van der Waals surface area (Å²) in [5.74, 6) is -2.04. The second kappa shape index (κ2) is 8.91. The number of anilines is 2. The fourth-order valence-corrected chi connectivity index (χ4v) is 4.17. The molecule has 2 heterocycles. The summed E-state index contributed by atoms with van der Waals surface area (Å²) in [5.41, 5.74) is 0.877. The zero-order valence-corrected chi connectivity index (χ0v) is 17.5. The molecular formula is C21H16ClFN4O3S. The number of fused-ring (bicyclic) bond motifs is 1. The molecule has 3 N–H and O–H groups in total. The van der Waals surface area contributed by atoms with E-state index in [-0.39, 0.29) is 28.5 Å². The molecule has 4 rings (SSSR count). The molecule has 0 fully saturated rings. The fraction of sp³-hybridized carbons (Fsp3) is 0.143. The van der Waals surface area contributed by atoms with Crippen LogP contribution in [0.15, 0.2) is 58.5 Å². The first-order chi connectivity index (χ1) is 14.9. The van der Waals surface area contributed by atoms with Gasteiger partial charge in [-0.15, -0.1) is 0 Å². The van der Waals surface area contributed by atoms with Gasteiger partial charge in [-0.3, -0.25) is 14.4 Å². The van der Waals surface area contributed by atoms with Gasteiger partial charge < -0.3 is 15.6 Å². The van der Waals surface area contributed by atoms with Crippen molar-refractivity contribution >= 4 is 46.7 Å². The summed E-state index contributed by atoms with van der Waals surface area (Å²) in [6.07, 6.45) is -0.213. The lowest BCUT2D eigenvalue weighted by molar-refractivity contribution is -0.123. The van der Waals surface area contributed by atoms with Gasteiger partial charge >= 0.3 is 0 Å². The summed E-state index contributed by atoms with van der Waals surface area (Å²) in [6, 6.07) is 13.4. The van der Waals surface area contributed by atoms with E-state index in [1.165, 1.54) is 23.9 Å². The van der Waals surface area contributed by atoms with E-state index in [0.29, 0.717) is 10.9 Å². The van der Waals surface area contributed by atoms with Crippen molar-refractivity contribution in [3.05, 3.63) is 80.9 Å². The average Bonchev–Trinajstić information content (AvgIpc) is 2.74. The molecule has 0 unspecified atom stereocenters. The Kier molecular flexibility index (Phi) is 6.06. The Morgan fingerprint density at radius 1 is 1.23 bits per heavy atom. The number of rotatable bonds is 5. The Bertz CT molecular complexity index is 1220. The molecule has 0 bridgehead atoms. The minimum atomic E-state index is -1.04. The molecule has 2 aromatic carbocycles. The zero-order valence-electron chi connectivity index (χ0n) is 15.9. The van der Waals surface area contributed by atoms with Crippen LogP contribution < -0.4 is 16.2 Å². The lowest BCUT2D eigenvalue weighted by Crippen LogP contribution is -2.36. The lowest BCUT2D eigenvalue weighted by Gasteiger charge is -2.23. The third kappa shape index (κ3) is 4.78. The van der Waals surface area contributed by atoms with Crippen LogP contribution in [-0.4, -0.2) is 21.8 Å². The number of hydrogen-bond acceptors (Lipinski definition) is 5. The van der Waals surface area contributed by atoms with Crippen molar-refractivity contribution in [1.29, 1.82) is 0 Å². The average molecular weight is 459 g/mol. The Balaban J connectivity index is 1.58. The van der Waals surface area contributed by atoms with Crippen molar-refractivity contribution in [2.24, 2.45) is 0 Å². The molecule has 3 aromatic rings. The number of nitrogens with one attached hydrogen (secondary N) is 3. The van der Waals surface area contributed by atoms with Crippen molar-refractivity contribution < 1.29 is 14.0 Å². The number of thioether (sulfide) groups is 1. The normalized spacial score (nSPS) is 15.2. The van der Waals surface area contributed by atoms with E-state index in [9.17, 15) is 18.8 Å². The van der Waals surface area contributed by atoms with Crippen molar-refractivity contribution in [3.8, 4) is 0 Å². The largest absolute Gasteiger partial charge is 0.325 e. The number of H-pyrrole nitrogens is 1. The Hall–Kier alpha value is -3.17. The maximum atomic E-state index is 13.3. The summed E-state index contributed by atoms with van der Waals surface area (Å²) in [7, 11) is 0. The highest BCUT2D eigenvalue weighted by Gasteiger charge is 2.34. The number of carbonyl (C=O) groups excluding carboxylic acids is 2. The van der Waals surface area contributed by atoms with E-state index >= 15 is 0 Å². The summed E-state index contributed by atoms with van der Waals surface area (Å²) >= 11 is 7.05. The first-order valence-corrected chi connectivity index (χ1v) is 10.6.